The van der Waals surface area contributed by atoms with Crippen LogP contribution in [-0.4, -0.2) is 48.0 Å². The zero-order valence-electron chi connectivity index (χ0n) is 19.2. The predicted molar refractivity (Wildman–Crippen MR) is 118 cm³/mol. The first-order chi connectivity index (χ1) is 15.3. The maximum Gasteiger partial charge on any atom is 0.420 e. The molecule has 0 aliphatic rings. The number of aliphatic hydroxyl groups excluding tert-OH is 1. The molecular formula is C22H33F3N4O3. The van der Waals surface area contributed by atoms with Gasteiger partial charge in [0, 0.05) is 20.1 Å². The highest BCUT2D eigenvalue weighted by Crippen LogP contribution is 2.34. The molecule has 2 rings (SSSR count). The molecule has 0 spiro atoms. The summed E-state index contributed by atoms with van der Waals surface area (Å²) in [5, 5.41) is 18.7. The number of nitrogens with zero attached hydrogens (tertiary/aromatic N) is 3. The number of carbonyl (C=O) groups excluding carboxylic acids is 1. The predicted octanol–water partition coefficient (Wildman–Crippen LogP) is 4.06. The van der Waals surface area contributed by atoms with Crippen LogP contribution < -0.4 is 15.0 Å². The zero-order chi connectivity index (χ0) is 24.6. The van der Waals surface area contributed by atoms with Gasteiger partial charge < -0.3 is 20.1 Å². The van der Waals surface area contributed by atoms with Crippen LogP contribution in [0.5, 0.6) is 5.75 Å². The molecule has 0 aliphatic carbocycles. The average Bonchev–Trinajstić information content (AvgIpc) is 2.82. The molecule has 1 heterocycles. The third-order valence-electron chi connectivity index (χ3n) is 3.84. The Morgan fingerprint density at radius 1 is 1.12 bits per heavy atom. The smallest absolute Gasteiger partial charge is 0.420 e. The summed E-state index contributed by atoms with van der Waals surface area (Å²) in [6.45, 7) is 8.27. The number of benzene rings is 1. The molecule has 0 atom stereocenters. The van der Waals surface area contributed by atoms with E-state index in [1.165, 1.54) is 11.9 Å². The molecule has 1 aromatic carbocycles. The van der Waals surface area contributed by atoms with E-state index in [-0.39, 0.29) is 38.0 Å². The van der Waals surface area contributed by atoms with Crippen molar-refractivity contribution in [1.29, 1.82) is 0 Å². The molecule has 32 heavy (non-hydrogen) atoms. The van der Waals surface area contributed by atoms with E-state index in [2.05, 4.69) is 15.5 Å². The Kier molecular flexibility index (Phi) is 14.4. The van der Waals surface area contributed by atoms with Gasteiger partial charge in [0.25, 0.3) is 5.91 Å². The van der Waals surface area contributed by atoms with Crippen molar-refractivity contribution < 1.29 is 27.8 Å². The number of hydrogen-bond donors (Lipinski definition) is 2. The van der Waals surface area contributed by atoms with Crippen molar-refractivity contribution in [3.05, 3.63) is 47.7 Å². The van der Waals surface area contributed by atoms with Crippen molar-refractivity contribution >= 4 is 11.7 Å². The summed E-state index contributed by atoms with van der Waals surface area (Å²) in [6, 6.07) is 7.54. The van der Waals surface area contributed by atoms with Gasteiger partial charge in [0.05, 0.1) is 12.8 Å². The number of aliphatic hydroxyl groups is 1. The Bertz CT molecular complexity index is 772. The largest absolute Gasteiger partial charge is 0.484 e. The second-order valence-corrected chi connectivity index (χ2v) is 5.98. The lowest BCUT2D eigenvalue weighted by molar-refractivity contribution is -0.137. The van der Waals surface area contributed by atoms with Gasteiger partial charge in [-0.1, -0.05) is 39.8 Å². The van der Waals surface area contributed by atoms with E-state index in [9.17, 15) is 18.0 Å². The summed E-state index contributed by atoms with van der Waals surface area (Å²) in [4.78, 5) is 13.1. The first-order valence-electron chi connectivity index (χ1n) is 10.5. The zero-order valence-corrected chi connectivity index (χ0v) is 19.2. The number of amides is 1. The number of anilines is 1. The topological polar surface area (TPSA) is 87.6 Å². The molecule has 0 saturated heterocycles. The maximum atomic E-state index is 13.0. The van der Waals surface area contributed by atoms with Crippen LogP contribution in [0.15, 0.2) is 36.5 Å². The lowest BCUT2D eigenvalue weighted by atomic mass is 10.2. The Balaban J connectivity index is 0.00000227. The molecule has 0 fully saturated rings. The molecule has 0 aliphatic heterocycles. The minimum absolute atomic E-state index is 0.0752. The van der Waals surface area contributed by atoms with Gasteiger partial charge in [0.2, 0.25) is 0 Å². The highest BCUT2D eigenvalue weighted by atomic mass is 19.4. The molecule has 0 bridgehead atoms. The van der Waals surface area contributed by atoms with Crippen molar-refractivity contribution in [3.63, 3.8) is 0 Å². The Hall–Kier alpha value is -2.88. The summed E-state index contributed by atoms with van der Waals surface area (Å²) in [7, 11) is 1.49. The number of carbonyl (C=O) groups is 1. The second kappa shape index (κ2) is 15.9. The fourth-order valence-corrected chi connectivity index (χ4v) is 2.37. The number of rotatable bonds is 9. The highest BCUT2D eigenvalue weighted by molar-refractivity contribution is 5.77. The van der Waals surface area contributed by atoms with Gasteiger partial charge >= 0.3 is 6.18 Å². The molecule has 7 nitrogen and oxygen atoms in total. The van der Waals surface area contributed by atoms with Crippen molar-refractivity contribution in [2.75, 3.05) is 31.6 Å². The molecular weight excluding hydrogens is 425 g/mol. The van der Waals surface area contributed by atoms with Crippen molar-refractivity contribution in [1.82, 2.24) is 15.5 Å². The Morgan fingerprint density at radius 2 is 1.75 bits per heavy atom. The standard InChI is InChI=1S/C18H21F3N4O3.2C2H6/c1-25(17-15(18(19,20)21)7-9-23-24-17)10-2-8-22-16(27)12-28-14-5-3-13(11-26)4-6-14;2*1-2/h3-7,9,26H,2,8,10-12H2,1H3,(H,22,27);2*1-2H3. The average molecular weight is 459 g/mol. The van der Waals surface area contributed by atoms with Crippen LogP contribution in [0.4, 0.5) is 19.0 Å². The number of ether oxygens (including phenoxy) is 1. The van der Waals surface area contributed by atoms with Crippen LogP contribution in [0, 0.1) is 0 Å². The number of aromatic nitrogens is 2. The maximum absolute atomic E-state index is 13.0. The quantitative estimate of drug-likeness (QED) is 0.551. The molecule has 2 aromatic rings. The van der Waals surface area contributed by atoms with Crippen LogP contribution in [0.25, 0.3) is 0 Å². The van der Waals surface area contributed by atoms with Crippen LogP contribution in [-0.2, 0) is 17.6 Å². The van der Waals surface area contributed by atoms with Crippen LogP contribution in [0.2, 0.25) is 0 Å². The lowest BCUT2D eigenvalue weighted by Gasteiger charge is -2.21. The number of nitrogens with one attached hydrogen (secondary N) is 1. The number of alkyl halides is 3. The third-order valence-corrected chi connectivity index (χ3v) is 3.84. The molecule has 0 radical (unpaired) electrons. The Labute approximate surface area is 187 Å². The highest BCUT2D eigenvalue weighted by Gasteiger charge is 2.35. The van der Waals surface area contributed by atoms with Gasteiger partial charge in [0.15, 0.2) is 12.4 Å². The minimum atomic E-state index is -4.51. The SMILES string of the molecule is CC.CC.CN(CCCNC(=O)COc1ccc(CO)cc1)c1nnccc1C(F)(F)F. The third kappa shape index (κ3) is 10.4. The lowest BCUT2D eigenvalue weighted by Crippen LogP contribution is -2.32. The van der Waals surface area contributed by atoms with Crippen LogP contribution in [0.3, 0.4) is 0 Å². The van der Waals surface area contributed by atoms with Gasteiger partial charge in [-0.05, 0) is 30.2 Å². The van der Waals surface area contributed by atoms with Crippen molar-refractivity contribution in [2.45, 2.75) is 46.9 Å². The molecule has 0 saturated carbocycles. The van der Waals surface area contributed by atoms with Crippen LogP contribution >= 0.6 is 0 Å². The van der Waals surface area contributed by atoms with Gasteiger partial charge in [0.1, 0.15) is 11.3 Å². The van der Waals surface area contributed by atoms with E-state index in [1.54, 1.807) is 24.3 Å². The van der Waals surface area contributed by atoms with Crippen molar-refractivity contribution in [2.24, 2.45) is 0 Å². The first-order valence-corrected chi connectivity index (χ1v) is 10.5. The van der Waals surface area contributed by atoms with Gasteiger partial charge in [-0.15, -0.1) is 5.10 Å². The van der Waals surface area contributed by atoms with Gasteiger partial charge in [-0.2, -0.15) is 18.3 Å². The molecule has 0 unspecified atom stereocenters. The van der Waals surface area contributed by atoms with Gasteiger partial charge in [-0.25, -0.2) is 0 Å². The fourth-order valence-electron chi connectivity index (χ4n) is 2.37. The van der Waals surface area contributed by atoms with Crippen LogP contribution in [0.1, 0.15) is 45.2 Å². The van der Waals surface area contributed by atoms with Crippen molar-refractivity contribution in [3.8, 4) is 5.75 Å². The number of hydrogen-bond acceptors (Lipinski definition) is 6. The van der Waals surface area contributed by atoms with E-state index in [0.717, 1.165) is 17.8 Å². The summed E-state index contributed by atoms with van der Waals surface area (Å²) < 4.78 is 44.3. The van der Waals surface area contributed by atoms with E-state index in [1.807, 2.05) is 27.7 Å². The van der Waals surface area contributed by atoms with Gasteiger partial charge in [-0.3, -0.25) is 4.79 Å². The van der Waals surface area contributed by atoms with E-state index in [0.29, 0.717) is 12.2 Å². The molecule has 10 heteroatoms. The minimum Gasteiger partial charge on any atom is -0.484 e. The summed E-state index contributed by atoms with van der Waals surface area (Å²) in [5.74, 6) is -0.102. The normalized spacial score (nSPS) is 10.2. The first kappa shape index (κ1) is 29.1. The Morgan fingerprint density at radius 3 is 2.31 bits per heavy atom. The summed E-state index contributed by atoms with van der Waals surface area (Å²) in [5.41, 5.74) is -0.118. The van der Waals surface area contributed by atoms with E-state index in [4.69, 9.17) is 9.84 Å². The second-order valence-electron chi connectivity index (χ2n) is 5.98. The number of halogens is 3. The summed E-state index contributed by atoms with van der Waals surface area (Å²) in [6.07, 6.45) is -3.10. The molecule has 180 valence electrons. The molecule has 1 amide bonds. The molecule has 1 aromatic heterocycles. The van der Waals surface area contributed by atoms with E-state index < -0.39 is 11.7 Å². The summed E-state index contributed by atoms with van der Waals surface area (Å²) >= 11 is 0. The van der Waals surface area contributed by atoms with E-state index >= 15 is 0 Å². The molecule has 2 N–H and O–H groups in total. The monoisotopic (exact) mass is 458 g/mol. The fraction of sp³-hybridized carbons (Fsp3) is 0.500.